The minimum atomic E-state index is 0.0380. The first-order chi connectivity index (χ1) is 10.2. The first-order valence-electron chi connectivity index (χ1n) is 7.32. The number of rotatable bonds is 5. The van der Waals surface area contributed by atoms with Crippen molar-refractivity contribution in [3.8, 4) is 11.5 Å². The van der Waals surface area contributed by atoms with Crippen LogP contribution in [0.3, 0.4) is 0 Å². The van der Waals surface area contributed by atoms with Crippen LogP contribution in [0.25, 0.3) is 10.8 Å². The molecule has 110 valence electrons. The van der Waals surface area contributed by atoms with Crippen molar-refractivity contribution in [2.45, 2.75) is 25.8 Å². The fourth-order valence-corrected chi connectivity index (χ4v) is 2.55. The van der Waals surface area contributed by atoms with Crippen molar-refractivity contribution in [1.29, 1.82) is 0 Å². The Labute approximate surface area is 123 Å². The van der Waals surface area contributed by atoms with E-state index < -0.39 is 0 Å². The number of carbonyl (C=O) groups is 1. The van der Waals surface area contributed by atoms with Crippen molar-refractivity contribution < 1.29 is 14.6 Å². The zero-order chi connectivity index (χ0) is 14.8. The topological polar surface area (TPSA) is 49.8 Å². The van der Waals surface area contributed by atoms with Crippen molar-refractivity contribution in [2.75, 3.05) is 13.2 Å². The molecule has 1 fully saturated rings. The molecule has 0 bridgehead atoms. The SMILES string of the molecule is CCN(C(=O)COc1ccc2ccc(O)cc2c1)C1CC1. The normalized spacial score (nSPS) is 14.1. The molecule has 2 aromatic rings. The van der Waals surface area contributed by atoms with Gasteiger partial charge in [-0.2, -0.15) is 0 Å². The van der Waals surface area contributed by atoms with E-state index in [4.69, 9.17) is 4.74 Å². The quantitative estimate of drug-likeness (QED) is 0.919. The molecule has 0 unspecified atom stereocenters. The van der Waals surface area contributed by atoms with Crippen molar-refractivity contribution in [1.82, 2.24) is 4.90 Å². The van der Waals surface area contributed by atoms with Gasteiger partial charge in [0.25, 0.3) is 5.91 Å². The van der Waals surface area contributed by atoms with Gasteiger partial charge >= 0.3 is 0 Å². The molecule has 0 aliphatic heterocycles. The number of hydrogen-bond donors (Lipinski definition) is 1. The molecule has 4 nitrogen and oxygen atoms in total. The Morgan fingerprint density at radius 2 is 2.00 bits per heavy atom. The van der Waals surface area contributed by atoms with Crippen LogP contribution in [0, 0.1) is 0 Å². The zero-order valence-corrected chi connectivity index (χ0v) is 12.1. The van der Waals surface area contributed by atoms with Gasteiger partial charge in [-0.05, 0) is 54.8 Å². The van der Waals surface area contributed by atoms with E-state index in [9.17, 15) is 9.90 Å². The molecule has 0 heterocycles. The van der Waals surface area contributed by atoms with E-state index in [1.54, 1.807) is 12.1 Å². The lowest BCUT2D eigenvalue weighted by Gasteiger charge is -2.20. The van der Waals surface area contributed by atoms with Gasteiger partial charge in [0.15, 0.2) is 6.61 Å². The predicted molar refractivity (Wildman–Crippen MR) is 81.5 cm³/mol. The number of phenols is 1. The molecule has 4 heteroatoms. The second-order valence-electron chi connectivity index (χ2n) is 5.39. The summed E-state index contributed by atoms with van der Waals surface area (Å²) in [5.74, 6) is 0.908. The second-order valence-corrected chi connectivity index (χ2v) is 5.39. The maximum Gasteiger partial charge on any atom is 0.260 e. The van der Waals surface area contributed by atoms with Crippen LogP contribution in [-0.2, 0) is 4.79 Å². The van der Waals surface area contributed by atoms with E-state index in [-0.39, 0.29) is 18.3 Å². The van der Waals surface area contributed by atoms with E-state index in [1.165, 1.54) is 0 Å². The van der Waals surface area contributed by atoms with Gasteiger partial charge in [0.1, 0.15) is 11.5 Å². The van der Waals surface area contributed by atoms with E-state index in [2.05, 4.69) is 0 Å². The maximum absolute atomic E-state index is 12.1. The molecular formula is C17H19NO3. The molecule has 1 amide bonds. The molecule has 1 aliphatic rings. The molecule has 3 rings (SSSR count). The minimum absolute atomic E-state index is 0.0380. The van der Waals surface area contributed by atoms with Gasteiger partial charge in [-0.3, -0.25) is 4.79 Å². The summed E-state index contributed by atoms with van der Waals surface area (Å²) in [5.41, 5.74) is 0. The summed E-state index contributed by atoms with van der Waals surface area (Å²) >= 11 is 0. The molecule has 1 saturated carbocycles. The molecule has 1 aliphatic carbocycles. The number of fused-ring (bicyclic) bond motifs is 1. The monoisotopic (exact) mass is 285 g/mol. The van der Waals surface area contributed by atoms with Crippen molar-refractivity contribution in [3.63, 3.8) is 0 Å². The molecule has 1 N–H and O–H groups in total. The van der Waals surface area contributed by atoms with Gasteiger partial charge in [-0.25, -0.2) is 0 Å². The summed E-state index contributed by atoms with van der Waals surface area (Å²) in [6.07, 6.45) is 2.21. The minimum Gasteiger partial charge on any atom is -0.508 e. The standard InChI is InChI=1S/C17H19NO3/c1-2-18(14-5-6-14)17(20)11-21-16-8-4-12-3-7-15(19)9-13(12)10-16/h3-4,7-10,14,19H,2,5-6,11H2,1H3. The molecule has 0 radical (unpaired) electrons. The number of aromatic hydroxyl groups is 1. The molecule has 0 saturated heterocycles. The first-order valence-corrected chi connectivity index (χ1v) is 7.32. The predicted octanol–water partition coefficient (Wildman–Crippen LogP) is 2.94. The molecule has 0 aromatic heterocycles. The number of likely N-dealkylation sites (N-methyl/N-ethyl adjacent to an activating group) is 1. The lowest BCUT2D eigenvalue weighted by atomic mass is 10.1. The highest BCUT2D eigenvalue weighted by molar-refractivity contribution is 5.85. The maximum atomic E-state index is 12.1. The van der Waals surface area contributed by atoms with Gasteiger partial charge in [0.2, 0.25) is 0 Å². The Hall–Kier alpha value is -2.23. The number of nitrogens with zero attached hydrogens (tertiary/aromatic N) is 1. The highest BCUT2D eigenvalue weighted by atomic mass is 16.5. The summed E-state index contributed by atoms with van der Waals surface area (Å²) in [7, 11) is 0. The van der Waals surface area contributed by atoms with Crippen LogP contribution in [0.2, 0.25) is 0 Å². The highest BCUT2D eigenvalue weighted by Gasteiger charge is 2.31. The van der Waals surface area contributed by atoms with Gasteiger partial charge in [-0.1, -0.05) is 12.1 Å². The van der Waals surface area contributed by atoms with Crippen LogP contribution >= 0.6 is 0 Å². The van der Waals surface area contributed by atoms with E-state index in [1.807, 2.05) is 36.1 Å². The fourth-order valence-electron chi connectivity index (χ4n) is 2.55. The van der Waals surface area contributed by atoms with E-state index >= 15 is 0 Å². The molecule has 2 aromatic carbocycles. The molecule has 0 spiro atoms. The van der Waals surface area contributed by atoms with E-state index in [0.29, 0.717) is 11.8 Å². The van der Waals surface area contributed by atoms with Crippen LogP contribution in [0.5, 0.6) is 11.5 Å². The number of ether oxygens (including phenoxy) is 1. The Morgan fingerprint density at radius 1 is 1.24 bits per heavy atom. The number of amides is 1. The summed E-state index contributed by atoms with van der Waals surface area (Å²) < 4.78 is 5.60. The Balaban J connectivity index is 1.68. The third-order valence-corrected chi connectivity index (χ3v) is 3.81. The molecular weight excluding hydrogens is 266 g/mol. The Morgan fingerprint density at radius 3 is 2.71 bits per heavy atom. The van der Waals surface area contributed by atoms with Crippen LogP contribution in [0.15, 0.2) is 36.4 Å². The summed E-state index contributed by atoms with van der Waals surface area (Å²) in [5, 5.41) is 11.4. The third-order valence-electron chi connectivity index (χ3n) is 3.81. The van der Waals surface area contributed by atoms with Crippen LogP contribution < -0.4 is 4.74 Å². The summed E-state index contributed by atoms with van der Waals surface area (Å²) in [4.78, 5) is 14.0. The fraction of sp³-hybridized carbons (Fsp3) is 0.353. The number of hydrogen-bond acceptors (Lipinski definition) is 3. The lowest BCUT2D eigenvalue weighted by Crippen LogP contribution is -2.36. The molecule has 21 heavy (non-hydrogen) atoms. The average Bonchev–Trinajstić information content (AvgIpc) is 3.30. The van der Waals surface area contributed by atoms with Crippen molar-refractivity contribution in [2.24, 2.45) is 0 Å². The van der Waals surface area contributed by atoms with Crippen molar-refractivity contribution >= 4 is 16.7 Å². The zero-order valence-electron chi connectivity index (χ0n) is 12.1. The van der Waals surface area contributed by atoms with E-state index in [0.717, 1.165) is 30.2 Å². The third kappa shape index (κ3) is 3.10. The molecule has 0 atom stereocenters. The lowest BCUT2D eigenvalue weighted by molar-refractivity contribution is -0.133. The smallest absolute Gasteiger partial charge is 0.260 e. The van der Waals surface area contributed by atoms with Crippen LogP contribution in [-0.4, -0.2) is 35.1 Å². The summed E-state index contributed by atoms with van der Waals surface area (Å²) in [6.45, 7) is 2.79. The van der Waals surface area contributed by atoms with Gasteiger partial charge in [0.05, 0.1) is 0 Å². The van der Waals surface area contributed by atoms with Crippen molar-refractivity contribution in [3.05, 3.63) is 36.4 Å². The first kappa shape index (κ1) is 13.7. The average molecular weight is 285 g/mol. The number of benzene rings is 2. The second kappa shape index (κ2) is 5.64. The Kier molecular flexibility index (Phi) is 3.69. The van der Waals surface area contributed by atoms with Gasteiger partial charge in [0, 0.05) is 12.6 Å². The Bertz CT molecular complexity index is 664. The van der Waals surface area contributed by atoms with Crippen LogP contribution in [0.1, 0.15) is 19.8 Å². The summed E-state index contributed by atoms with van der Waals surface area (Å²) in [6, 6.07) is 11.2. The number of carbonyl (C=O) groups excluding carboxylic acids is 1. The van der Waals surface area contributed by atoms with Gasteiger partial charge < -0.3 is 14.7 Å². The van der Waals surface area contributed by atoms with Crippen LogP contribution in [0.4, 0.5) is 0 Å². The highest BCUT2D eigenvalue weighted by Crippen LogP contribution is 2.27. The largest absolute Gasteiger partial charge is 0.508 e. The number of phenolic OH excluding ortho intramolecular Hbond substituents is 1. The van der Waals surface area contributed by atoms with Gasteiger partial charge in [-0.15, -0.1) is 0 Å².